The third-order valence-corrected chi connectivity index (χ3v) is 2.71. The number of aryl methyl sites for hydroxylation is 1. The van der Waals surface area contributed by atoms with Crippen LogP contribution in [0.5, 0.6) is 0 Å². The number of carbonyl (C=O) groups is 2. The first-order valence-corrected chi connectivity index (χ1v) is 5.48. The summed E-state index contributed by atoms with van der Waals surface area (Å²) in [6.07, 6.45) is 1.65. The van der Waals surface area contributed by atoms with Gasteiger partial charge in [0.2, 0.25) is 0 Å². The largest absolute Gasteiger partial charge is 0.468 e. The third-order valence-electron chi connectivity index (χ3n) is 2.71. The van der Waals surface area contributed by atoms with Gasteiger partial charge in [0.1, 0.15) is 0 Å². The zero-order valence-corrected chi connectivity index (χ0v) is 10.2. The molecule has 0 saturated heterocycles. The molecular weight excluding hydrogens is 218 g/mol. The van der Waals surface area contributed by atoms with Gasteiger partial charge in [-0.05, 0) is 24.5 Å². The Kier molecular flexibility index (Phi) is 4.84. The van der Waals surface area contributed by atoms with Gasteiger partial charge in [0.05, 0.1) is 13.7 Å². The molecule has 4 heteroatoms. The van der Waals surface area contributed by atoms with Crippen molar-refractivity contribution in [2.24, 2.45) is 5.73 Å². The van der Waals surface area contributed by atoms with E-state index in [0.29, 0.717) is 12.2 Å². The molecule has 0 bridgehead atoms. The highest BCUT2D eigenvalue weighted by Crippen LogP contribution is 2.24. The van der Waals surface area contributed by atoms with Gasteiger partial charge < -0.3 is 10.5 Å². The normalized spacial score (nSPS) is 12.5. The summed E-state index contributed by atoms with van der Waals surface area (Å²) in [7, 11) is 1.30. The van der Waals surface area contributed by atoms with E-state index in [2.05, 4.69) is 17.7 Å². The fourth-order valence-electron chi connectivity index (χ4n) is 1.75. The molecule has 2 rings (SSSR count). The molecule has 2 N–H and O–H groups in total. The van der Waals surface area contributed by atoms with Crippen LogP contribution in [0.15, 0.2) is 18.2 Å². The Morgan fingerprint density at radius 2 is 2.12 bits per heavy atom. The van der Waals surface area contributed by atoms with E-state index in [4.69, 9.17) is 5.73 Å². The van der Waals surface area contributed by atoms with E-state index in [1.165, 1.54) is 18.2 Å². The first-order valence-electron chi connectivity index (χ1n) is 5.48. The van der Waals surface area contributed by atoms with E-state index in [0.717, 1.165) is 12.0 Å². The Morgan fingerprint density at radius 1 is 1.41 bits per heavy atom. The highest BCUT2D eigenvalue weighted by molar-refractivity contribution is 6.00. The minimum Gasteiger partial charge on any atom is -0.468 e. The highest BCUT2D eigenvalue weighted by atomic mass is 16.5. The molecule has 0 amide bonds. The van der Waals surface area contributed by atoms with Crippen molar-refractivity contribution in [2.75, 3.05) is 13.7 Å². The van der Waals surface area contributed by atoms with Crippen molar-refractivity contribution in [3.8, 4) is 0 Å². The second kappa shape index (κ2) is 6.15. The van der Waals surface area contributed by atoms with Gasteiger partial charge in [0.15, 0.2) is 5.78 Å². The molecule has 0 spiro atoms. The molecule has 0 aliphatic heterocycles. The predicted octanol–water partition coefficient (Wildman–Crippen LogP) is 1.24. The van der Waals surface area contributed by atoms with Gasteiger partial charge in [-0.25, -0.2) is 0 Å². The Hall–Kier alpha value is -1.68. The zero-order valence-electron chi connectivity index (χ0n) is 10.2. The van der Waals surface area contributed by atoms with Crippen LogP contribution >= 0.6 is 0 Å². The van der Waals surface area contributed by atoms with Gasteiger partial charge >= 0.3 is 5.97 Å². The van der Waals surface area contributed by atoms with Crippen LogP contribution in [-0.2, 0) is 16.0 Å². The molecule has 17 heavy (non-hydrogen) atoms. The van der Waals surface area contributed by atoms with Gasteiger partial charge in [-0.1, -0.05) is 18.2 Å². The molecule has 1 aliphatic carbocycles. The lowest BCUT2D eigenvalue weighted by molar-refractivity contribution is -0.138. The summed E-state index contributed by atoms with van der Waals surface area (Å²) in [5, 5.41) is 0. The number of hydrogen-bond acceptors (Lipinski definition) is 4. The van der Waals surface area contributed by atoms with Gasteiger partial charge in [-0.15, -0.1) is 0 Å². The summed E-state index contributed by atoms with van der Waals surface area (Å²) in [5.41, 5.74) is 8.28. The maximum Gasteiger partial charge on any atom is 0.319 e. The molecule has 1 aromatic carbocycles. The van der Waals surface area contributed by atoms with E-state index >= 15 is 0 Å². The van der Waals surface area contributed by atoms with Crippen LogP contribution < -0.4 is 5.73 Å². The smallest absolute Gasteiger partial charge is 0.319 e. The van der Waals surface area contributed by atoms with Crippen molar-refractivity contribution < 1.29 is 14.3 Å². The summed E-state index contributed by atoms with van der Waals surface area (Å²) in [5.74, 6) is -0.0706. The average molecular weight is 235 g/mol. The number of esters is 1. The summed E-state index contributed by atoms with van der Waals surface area (Å²) < 4.78 is 4.14. The lowest BCUT2D eigenvalue weighted by atomic mass is 10.1. The summed E-state index contributed by atoms with van der Waals surface area (Å²) in [4.78, 5) is 21.1. The van der Waals surface area contributed by atoms with Crippen LogP contribution in [0.3, 0.4) is 0 Å². The monoisotopic (exact) mass is 235 g/mol. The molecule has 0 aromatic heterocycles. The Labute approximate surface area is 101 Å². The zero-order chi connectivity index (χ0) is 12.8. The minimum absolute atomic E-state index is 0.0312. The molecule has 92 valence electrons. The number of fused-ring (bicyclic) bond motifs is 1. The van der Waals surface area contributed by atoms with E-state index in [9.17, 15) is 9.59 Å². The molecule has 4 nitrogen and oxygen atoms in total. The van der Waals surface area contributed by atoms with Crippen molar-refractivity contribution in [1.82, 2.24) is 0 Å². The predicted molar refractivity (Wildman–Crippen MR) is 64.9 cm³/mol. The van der Waals surface area contributed by atoms with E-state index in [1.54, 1.807) is 0 Å². The van der Waals surface area contributed by atoms with Crippen LogP contribution in [0.1, 0.15) is 27.9 Å². The number of ether oxygens (including phenoxy) is 1. The van der Waals surface area contributed by atoms with E-state index in [-0.39, 0.29) is 12.5 Å². The van der Waals surface area contributed by atoms with Crippen LogP contribution in [0.4, 0.5) is 0 Å². The highest BCUT2D eigenvalue weighted by Gasteiger charge is 2.19. The fraction of sp³-hybridized carbons (Fsp3) is 0.385. The topological polar surface area (TPSA) is 69.4 Å². The number of ketones is 1. The van der Waals surface area contributed by atoms with E-state index in [1.807, 2.05) is 12.1 Å². The molecule has 1 aliphatic rings. The van der Waals surface area contributed by atoms with Crippen LogP contribution in [0.25, 0.3) is 0 Å². The van der Waals surface area contributed by atoms with Crippen molar-refractivity contribution >= 4 is 11.8 Å². The fourth-order valence-corrected chi connectivity index (χ4v) is 1.75. The summed E-state index contributed by atoms with van der Waals surface area (Å²) >= 11 is 0. The number of hydrogen-bond donors (Lipinski definition) is 1. The third kappa shape index (κ3) is 3.39. The average Bonchev–Trinajstić information content (AvgIpc) is 2.73. The van der Waals surface area contributed by atoms with E-state index < -0.39 is 0 Å². The van der Waals surface area contributed by atoms with Crippen LogP contribution in [0.2, 0.25) is 0 Å². The summed E-state index contributed by atoms with van der Waals surface area (Å²) in [6, 6.07) is 5.95. The Bertz CT molecular complexity index is 421. The number of nitrogens with two attached hydrogens (primary N) is 1. The maximum absolute atomic E-state index is 11.2. The Balaban J connectivity index is 0.000000209. The molecule has 0 fully saturated rings. The Morgan fingerprint density at radius 3 is 2.59 bits per heavy atom. The van der Waals surface area contributed by atoms with Gasteiger partial charge in [-0.3, -0.25) is 9.59 Å². The number of rotatable bonds is 1. The second-order valence-electron chi connectivity index (χ2n) is 3.80. The quantitative estimate of drug-likeness (QED) is 0.743. The number of benzene rings is 1. The second-order valence-corrected chi connectivity index (χ2v) is 3.80. The van der Waals surface area contributed by atoms with Crippen molar-refractivity contribution in [3.05, 3.63) is 34.9 Å². The van der Waals surface area contributed by atoms with Crippen molar-refractivity contribution in [2.45, 2.75) is 19.8 Å². The lowest BCUT2D eigenvalue weighted by Gasteiger charge is -1.99. The maximum atomic E-state index is 11.2. The van der Waals surface area contributed by atoms with Crippen molar-refractivity contribution in [1.29, 1.82) is 0 Å². The van der Waals surface area contributed by atoms with Crippen LogP contribution in [-0.4, -0.2) is 25.4 Å². The van der Waals surface area contributed by atoms with Gasteiger partial charge in [0.25, 0.3) is 0 Å². The number of methoxy groups -OCH3 is 1. The minimum atomic E-state index is -0.380. The van der Waals surface area contributed by atoms with Gasteiger partial charge in [0, 0.05) is 12.0 Å². The first kappa shape index (κ1) is 13.4. The molecule has 0 unspecified atom stereocenters. The van der Waals surface area contributed by atoms with Gasteiger partial charge in [-0.2, -0.15) is 0 Å². The molecule has 1 aromatic rings. The van der Waals surface area contributed by atoms with Crippen LogP contribution in [0, 0.1) is 6.92 Å². The molecule has 0 radical (unpaired) electrons. The summed E-state index contributed by atoms with van der Waals surface area (Å²) in [6.45, 7) is 2.04. The number of carbonyl (C=O) groups excluding carboxylic acids is 2. The molecule has 0 heterocycles. The molecule has 0 saturated carbocycles. The lowest BCUT2D eigenvalue weighted by Crippen LogP contribution is -2.14. The SMILES string of the molecule is COC(=O)CN.Cc1cccc2c1CCC2=O. The molecule has 0 atom stereocenters. The van der Waals surface area contributed by atoms with Crippen molar-refractivity contribution in [3.63, 3.8) is 0 Å². The number of Topliss-reactive ketones (excluding diaryl/α,β-unsaturated/α-hetero) is 1. The molecular formula is C13H17NO3. The first-order chi connectivity index (χ1) is 8.10. The standard InChI is InChI=1S/C10H10O.C3H7NO2/c1-7-3-2-4-9-8(7)5-6-10(9)11;1-6-3(5)2-4/h2-4H,5-6H2,1H3;2,4H2,1H3.